The number of nitro groups is 2. The standard InChI is InChI=1S/C31H44N6O12S2/c1-5-24-48-29(38)32-18-12-22-34(50(44,45)27-16-8-6-14-25(27)36(40)41)20-10-11-21-35(23-13-19-33-30(39)49-31(2,3)4)51(46,47)28-17-9-7-15-26(28)37(42)43/h5-9,14-17H,1,10-13,18-24H2,2-4H3,(H,32,38)(H,33,39). The smallest absolute Gasteiger partial charge is 0.407 e. The number of nitrogens with one attached hydrogen (secondary N) is 2. The van der Waals surface area contributed by atoms with Crippen molar-refractivity contribution in [2.75, 3.05) is 45.9 Å². The lowest BCUT2D eigenvalue weighted by Crippen LogP contribution is -2.38. The number of carbonyl (C=O) groups is 2. The molecule has 18 nitrogen and oxygen atoms in total. The van der Waals surface area contributed by atoms with Crippen LogP contribution in [0.3, 0.4) is 0 Å². The Labute approximate surface area is 297 Å². The summed E-state index contributed by atoms with van der Waals surface area (Å²) in [7, 11) is -8.89. The van der Waals surface area contributed by atoms with Crippen molar-refractivity contribution in [1.82, 2.24) is 19.2 Å². The number of alkyl carbamates (subject to hydrolysis) is 2. The molecule has 0 atom stereocenters. The number of amides is 2. The zero-order valence-corrected chi connectivity index (χ0v) is 30.3. The third kappa shape index (κ3) is 13.5. The largest absolute Gasteiger partial charge is 0.445 e. The zero-order chi connectivity index (χ0) is 38.2. The van der Waals surface area contributed by atoms with E-state index < -0.39 is 68.8 Å². The average Bonchev–Trinajstić information content (AvgIpc) is 3.06. The summed E-state index contributed by atoms with van der Waals surface area (Å²) in [6.07, 6.45) is 0.284. The van der Waals surface area contributed by atoms with Gasteiger partial charge in [-0.2, -0.15) is 8.61 Å². The highest BCUT2D eigenvalue weighted by Crippen LogP contribution is 2.28. The second-order valence-electron chi connectivity index (χ2n) is 11.9. The molecule has 0 saturated heterocycles. The SMILES string of the molecule is C=CCOC(=O)NCCCN(CCCCN(CCCNC(=O)OC(C)(C)C)S(=O)(=O)c1ccccc1[N+](=O)[O-])S(=O)(=O)c1ccccc1[N+](=O)[O-]. The molecule has 2 aromatic carbocycles. The van der Waals surface area contributed by atoms with Gasteiger partial charge in [0.15, 0.2) is 9.79 Å². The van der Waals surface area contributed by atoms with Crippen molar-refractivity contribution in [2.24, 2.45) is 0 Å². The molecule has 2 amide bonds. The fourth-order valence-electron chi connectivity index (χ4n) is 4.60. The minimum atomic E-state index is -4.44. The van der Waals surface area contributed by atoms with Crippen LogP contribution in [-0.4, -0.2) is 99.0 Å². The maximum atomic E-state index is 13.7. The maximum Gasteiger partial charge on any atom is 0.407 e. The van der Waals surface area contributed by atoms with Crippen LogP contribution in [0.2, 0.25) is 0 Å². The van der Waals surface area contributed by atoms with Crippen molar-refractivity contribution in [1.29, 1.82) is 0 Å². The molecule has 0 aliphatic carbocycles. The number of nitrogens with zero attached hydrogens (tertiary/aromatic N) is 4. The van der Waals surface area contributed by atoms with Gasteiger partial charge in [0.1, 0.15) is 12.2 Å². The van der Waals surface area contributed by atoms with Crippen LogP contribution in [-0.2, 0) is 29.5 Å². The molecular formula is C31H44N6O12S2. The zero-order valence-electron chi connectivity index (χ0n) is 28.7. The number of benzene rings is 2. The quantitative estimate of drug-likeness (QED) is 0.0790. The van der Waals surface area contributed by atoms with Gasteiger partial charge in [-0.15, -0.1) is 0 Å². The summed E-state index contributed by atoms with van der Waals surface area (Å²) in [5.74, 6) is 0. The van der Waals surface area contributed by atoms with E-state index in [4.69, 9.17) is 9.47 Å². The van der Waals surface area contributed by atoms with Gasteiger partial charge in [0.25, 0.3) is 11.4 Å². The molecule has 2 aromatic rings. The normalized spacial score (nSPS) is 11.9. The second-order valence-corrected chi connectivity index (χ2v) is 15.7. The molecule has 2 N–H and O–H groups in total. The molecule has 0 aromatic heterocycles. The highest BCUT2D eigenvalue weighted by molar-refractivity contribution is 7.89. The van der Waals surface area contributed by atoms with Gasteiger partial charge in [-0.3, -0.25) is 20.2 Å². The molecule has 0 aliphatic heterocycles. The predicted octanol–water partition coefficient (Wildman–Crippen LogP) is 4.18. The van der Waals surface area contributed by atoms with Crippen LogP contribution in [0.4, 0.5) is 21.0 Å². The van der Waals surface area contributed by atoms with Gasteiger partial charge in [0.05, 0.1) is 9.85 Å². The Kier molecular flexibility index (Phi) is 16.4. The predicted molar refractivity (Wildman–Crippen MR) is 186 cm³/mol. The topological polar surface area (TPSA) is 238 Å². The summed E-state index contributed by atoms with van der Waals surface area (Å²) in [6, 6.07) is 9.70. The summed E-state index contributed by atoms with van der Waals surface area (Å²) >= 11 is 0. The number of sulfonamides is 2. The first-order chi connectivity index (χ1) is 23.9. The third-order valence-corrected chi connectivity index (χ3v) is 10.8. The number of ether oxygens (including phenoxy) is 2. The highest BCUT2D eigenvalue weighted by atomic mass is 32.2. The summed E-state index contributed by atoms with van der Waals surface area (Å²) in [5.41, 5.74) is -2.01. The van der Waals surface area contributed by atoms with E-state index in [0.717, 1.165) is 32.9 Å². The lowest BCUT2D eigenvalue weighted by atomic mass is 10.2. The first-order valence-corrected chi connectivity index (χ1v) is 18.8. The van der Waals surface area contributed by atoms with Crippen LogP contribution >= 0.6 is 0 Å². The molecule has 0 saturated carbocycles. The van der Waals surface area contributed by atoms with Crippen LogP contribution in [0.5, 0.6) is 0 Å². The van der Waals surface area contributed by atoms with E-state index >= 15 is 0 Å². The molecule has 0 fully saturated rings. The second kappa shape index (κ2) is 19.7. The summed E-state index contributed by atoms with van der Waals surface area (Å²) < 4.78 is 66.9. The average molecular weight is 757 g/mol. The molecule has 0 radical (unpaired) electrons. The molecular weight excluding hydrogens is 713 g/mol. The Morgan fingerprint density at radius 3 is 1.53 bits per heavy atom. The van der Waals surface area contributed by atoms with Gasteiger partial charge in [-0.1, -0.05) is 36.9 Å². The van der Waals surface area contributed by atoms with Gasteiger partial charge >= 0.3 is 12.2 Å². The van der Waals surface area contributed by atoms with Crippen LogP contribution in [0.25, 0.3) is 0 Å². The fraction of sp³-hybridized carbons (Fsp3) is 0.484. The molecule has 0 spiro atoms. The van der Waals surface area contributed by atoms with Gasteiger partial charge in [-0.25, -0.2) is 26.4 Å². The van der Waals surface area contributed by atoms with E-state index in [1.807, 2.05) is 0 Å². The minimum Gasteiger partial charge on any atom is -0.445 e. The monoisotopic (exact) mass is 756 g/mol. The van der Waals surface area contributed by atoms with Crippen LogP contribution in [0, 0.1) is 20.2 Å². The fourth-order valence-corrected chi connectivity index (χ4v) is 7.95. The summed E-state index contributed by atoms with van der Waals surface area (Å²) in [4.78, 5) is 44.5. The van der Waals surface area contributed by atoms with Crippen molar-refractivity contribution in [3.8, 4) is 0 Å². The van der Waals surface area contributed by atoms with Gasteiger partial charge in [0, 0.05) is 51.4 Å². The Hall–Kier alpha value is -4.66. The summed E-state index contributed by atoms with van der Waals surface area (Å²) in [6.45, 7) is 7.79. The van der Waals surface area contributed by atoms with E-state index in [2.05, 4.69) is 17.2 Å². The summed E-state index contributed by atoms with van der Waals surface area (Å²) in [5, 5.41) is 28.3. The number of unbranched alkanes of at least 4 members (excludes halogenated alkanes) is 1. The molecule has 0 aliphatic rings. The molecule has 2 rings (SSSR count). The maximum absolute atomic E-state index is 13.7. The van der Waals surface area contributed by atoms with E-state index in [0.29, 0.717) is 0 Å². The molecule has 51 heavy (non-hydrogen) atoms. The first-order valence-electron chi connectivity index (χ1n) is 15.9. The molecule has 0 heterocycles. The van der Waals surface area contributed by atoms with Crippen molar-refractivity contribution < 1.29 is 45.7 Å². The Morgan fingerprint density at radius 2 is 1.14 bits per heavy atom. The Bertz CT molecular complexity index is 1750. The highest BCUT2D eigenvalue weighted by Gasteiger charge is 2.33. The van der Waals surface area contributed by atoms with Crippen LogP contribution in [0.1, 0.15) is 46.5 Å². The van der Waals surface area contributed by atoms with Crippen molar-refractivity contribution >= 4 is 43.6 Å². The van der Waals surface area contributed by atoms with Crippen molar-refractivity contribution in [3.63, 3.8) is 0 Å². The molecule has 20 heteroatoms. The van der Waals surface area contributed by atoms with E-state index in [1.54, 1.807) is 20.8 Å². The molecule has 0 unspecified atom stereocenters. The van der Waals surface area contributed by atoms with E-state index in [9.17, 15) is 46.7 Å². The number of hydrogen-bond acceptors (Lipinski definition) is 12. The van der Waals surface area contributed by atoms with Gasteiger partial charge in [0.2, 0.25) is 20.0 Å². The number of hydrogen-bond donors (Lipinski definition) is 2. The number of nitro benzene ring substituents is 2. The Balaban J connectivity index is 2.26. The van der Waals surface area contributed by atoms with Crippen LogP contribution in [0.15, 0.2) is 71.0 Å². The number of rotatable bonds is 21. The molecule has 0 bridgehead atoms. The third-order valence-electron chi connectivity index (χ3n) is 6.86. The van der Waals surface area contributed by atoms with E-state index in [-0.39, 0.29) is 71.6 Å². The van der Waals surface area contributed by atoms with Gasteiger partial charge < -0.3 is 20.1 Å². The first kappa shape index (κ1) is 42.5. The van der Waals surface area contributed by atoms with Crippen molar-refractivity contribution in [2.45, 2.75) is 61.8 Å². The lowest BCUT2D eigenvalue weighted by molar-refractivity contribution is -0.388. The van der Waals surface area contributed by atoms with Crippen molar-refractivity contribution in [3.05, 3.63) is 81.4 Å². The minimum absolute atomic E-state index is 0.0120. The Morgan fingerprint density at radius 1 is 0.745 bits per heavy atom. The van der Waals surface area contributed by atoms with Gasteiger partial charge in [-0.05, 0) is 58.6 Å². The number of carbonyl (C=O) groups excluding carboxylic acids is 2. The molecule has 282 valence electrons. The van der Waals surface area contributed by atoms with E-state index in [1.165, 1.54) is 30.3 Å². The van der Waals surface area contributed by atoms with Crippen LogP contribution < -0.4 is 10.6 Å². The lowest BCUT2D eigenvalue weighted by Gasteiger charge is -2.25. The number of para-hydroxylation sites is 2.